The predicted octanol–water partition coefficient (Wildman–Crippen LogP) is 6.35. The van der Waals surface area contributed by atoms with Crippen LogP contribution in [-0.4, -0.2) is 34.8 Å². The lowest BCUT2D eigenvalue weighted by Gasteiger charge is -2.19. The molecule has 2 heterocycles. The quantitative estimate of drug-likeness (QED) is 0.202. The Balaban J connectivity index is 1.48. The number of aromatic nitrogens is 1. The predicted molar refractivity (Wildman–Crippen MR) is 165 cm³/mol. The molecule has 0 bridgehead atoms. The summed E-state index contributed by atoms with van der Waals surface area (Å²) in [6.07, 6.45) is 3.40. The van der Waals surface area contributed by atoms with Gasteiger partial charge in [0.05, 0.1) is 17.3 Å². The Kier molecular flexibility index (Phi) is 8.56. The highest BCUT2D eigenvalue weighted by Gasteiger charge is 2.29. The van der Waals surface area contributed by atoms with Gasteiger partial charge in [-0.15, -0.1) is 0 Å². The lowest BCUT2D eigenvalue weighted by Crippen LogP contribution is -2.26. The van der Waals surface area contributed by atoms with Crippen LogP contribution in [0.4, 0.5) is 11.4 Å². The SMILES string of the molecule is CCN(CC)Cc1ccc(N/C(=C2\C(=O)Nc3ccc(C(=O)N[C@H](C)c4ccccc4)cc32)c2ccncc2)cc1. The zero-order chi connectivity index (χ0) is 28.8. The van der Waals surface area contributed by atoms with Crippen molar-refractivity contribution in [3.05, 3.63) is 125 Å². The Bertz CT molecular complexity index is 1550. The van der Waals surface area contributed by atoms with Gasteiger partial charge in [0.15, 0.2) is 0 Å². The molecule has 1 aromatic heterocycles. The molecule has 5 rings (SSSR count). The van der Waals surface area contributed by atoms with Gasteiger partial charge in [-0.25, -0.2) is 0 Å². The van der Waals surface area contributed by atoms with Crippen LogP contribution in [0.2, 0.25) is 0 Å². The summed E-state index contributed by atoms with van der Waals surface area (Å²) in [7, 11) is 0. The van der Waals surface area contributed by atoms with Crippen LogP contribution in [0.25, 0.3) is 11.3 Å². The lowest BCUT2D eigenvalue weighted by atomic mass is 9.98. The van der Waals surface area contributed by atoms with Crippen LogP contribution in [0.1, 0.15) is 59.4 Å². The molecule has 0 saturated heterocycles. The first-order chi connectivity index (χ1) is 20.0. The fourth-order valence-corrected chi connectivity index (χ4v) is 5.00. The Labute approximate surface area is 241 Å². The molecule has 1 atom stereocenters. The summed E-state index contributed by atoms with van der Waals surface area (Å²) in [5.74, 6) is -0.433. The van der Waals surface area contributed by atoms with E-state index in [-0.39, 0.29) is 17.9 Å². The van der Waals surface area contributed by atoms with Crippen molar-refractivity contribution in [1.29, 1.82) is 0 Å². The second kappa shape index (κ2) is 12.6. The molecule has 1 aliphatic rings. The van der Waals surface area contributed by atoms with E-state index in [0.717, 1.165) is 36.4 Å². The van der Waals surface area contributed by atoms with E-state index in [1.54, 1.807) is 30.6 Å². The number of nitrogens with zero attached hydrogens (tertiary/aromatic N) is 2. The fraction of sp³-hybridized carbons (Fsp3) is 0.206. The molecule has 0 fully saturated rings. The molecule has 0 aliphatic carbocycles. The lowest BCUT2D eigenvalue weighted by molar-refractivity contribution is -0.110. The minimum absolute atomic E-state index is 0.162. The number of nitrogens with one attached hydrogen (secondary N) is 3. The van der Waals surface area contributed by atoms with E-state index >= 15 is 0 Å². The molecular formula is C34H35N5O2. The molecule has 1 aliphatic heterocycles. The van der Waals surface area contributed by atoms with Crippen molar-refractivity contribution in [2.24, 2.45) is 0 Å². The third-order valence-electron chi connectivity index (χ3n) is 7.42. The van der Waals surface area contributed by atoms with Crippen molar-refractivity contribution in [2.45, 2.75) is 33.4 Å². The van der Waals surface area contributed by atoms with Gasteiger partial charge in [-0.3, -0.25) is 19.5 Å². The smallest absolute Gasteiger partial charge is 0.258 e. The largest absolute Gasteiger partial charge is 0.354 e. The summed E-state index contributed by atoms with van der Waals surface area (Å²) in [5, 5.41) is 9.54. The average molecular weight is 546 g/mol. The van der Waals surface area contributed by atoms with E-state index in [1.807, 2.05) is 61.5 Å². The first kappa shape index (κ1) is 27.8. The van der Waals surface area contributed by atoms with E-state index in [2.05, 4.69) is 51.8 Å². The number of carbonyl (C=O) groups excluding carboxylic acids is 2. The highest BCUT2D eigenvalue weighted by molar-refractivity contribution is 6.37. The van der Waals surface area contributed by atoms with Crippen molar-refractivity contribution in [1.82, 2.24) is 15.2 Å². The molecule has 4 aromatic rings. The molecule has 0 saturated carbocycles. The van der Waals surface area contributed by atoms with Crippen LogP contribution >= 0.6 is 0 Å². The second-order valence-electron chi connectivity index (χ2n) is 10.1. The van der Waals surface area contributed by atoms with Crippen LogP contribution < -0.4 is 16.0 Å². The number of pyridine rings is 1. The van der Waals surface area contributed by atoms with Crippen LogP contribution in [0.15, 0.2) is 97.3 Å². The molecule has 0 spiro atoms. The molecule has 3 aromatic carbocycles. The van der Waals surface area contributed by atoms with E-state index in [1.165, 1.54) is 5.56 Å². The van der Waals surface area contributed by atoms with E-state index in [4.69, 9.17) is 0 Å². The summed E-state index contributed by atoms with van der Waals surface area (Å²) >= 11 is 0. The van der Waals surface area contributed by atoms with Crippen molar-refractivity contribution in [3.63, 3.8) is 0 Å². The number of fused-ring (bicyclic) bond motifs is 1. The maximum absolute atomic E-state index is 13.4. The van der Waals surface area contributed by atoms with Gasteiger partial charge in [0, 0.05) is 47.0 Å². The number of carbonyl (C=O) groups is 2. The average Bonchev–Trinajstić information content (AvgIpc) is 3.34. The molecule has 208 valence electrons. The highest BCUT2D eigenvalue weighted by Crippen LogP contribution is 2.38. The van der Waals surface area contributed by atoms with Gasteiger partial charge < -0.3 is 16.0 Å². The Hall–Kier alpha value is -4.75. The maximum Gasteiger partial charge on any atom is 0.258 e. The monoisotopic (exact) mass is 545 g/mol. The molecule has 7 nitrogen and oxygen atoms in total. The number of rotatable bonds is 10. The van der Waals surface area contributed by atoms with Crippen molar-refractivity contribution in [3.8, 4) is 0 Å². The molecule has 0 radical (unpaired) electrons. The normalized spacial score (nSPS) is 14.3. The Morgan fingerprint density at radius 1 is 0.902 bits per heavy atom. The topological polar surface area (TPSA) is 86.4 Å². The summed E-state index contributed by atoms with van der Waals surface area (Å²) in [5.41, 5.74) is 6.87. The Morgan fingerprint density at radius 3 is 2.29 bits per heavy atom. The van der Waals surface area contributed by atoms with Gasteiger partial charge in [-0.1, -0.05) is 56.3 Å². The number of hydrogen-bond acceptors (Lipinski definition) is 5. The summed E-state index contributed by atoms with van der Waals surface area (Å²) in [6, 6.07) is 27.0. The maximum atomic E-state index is 13.4. The molecule has 2 amide bonds. The number of benzene rings is 3. The second-order valence-corrected chi connectivity index (χ2v) is 10.1. The molecular weight excluding hydrogens is 510 g/mol. The molecule has 3 N–H and O–H groups in total. The summed E-state index contributed by atoms with van der Waals surface area (Å²) in [4.78, 5) is 33.2. The summed E-state index contributed by atoms with van der Waals surface area (Å²) in [6.45, 7) is 9.15. The molecule has 0 unspecified atom stereocenters. The zero-order valence-electron chi connectivity index (χ0n) is 23.6. The van der Waals surface area contributed by atoms with Gasteiger partial charge in [0.25, 0.3) is 11.8 Å². The third-order valence-corrected chi connectivity index (χ3v) is 7.42. The van der Waals surface area contributed by atoms with Crippen LogP contribution in [0.3, 0.4) is 0 Å². The molecule has 7 heteroatoms. The van der Waals surface area contributed by atoms with Crippen molar-refractivity contribution in [2.75, 3.05) is 23.7 Å². The number of anilines is 2. The first-order valence-corrected chi connectivity index (χ1v) is 14.0. The summed E-state index contributed by atoms with van der Waals surface area (Å²) < 4.78 is 0. The van der Waals surface area contributed by atoms with Crippen molar-refractivity contribution < 1.29 is 9.59 Å². The van der Waals surface area contributed by atoms with E-state index in [9.17, 15) is 9.59 Å². The van der Waals surface area contributed by atoms with Crippen molar-refractivity contribution >= 4 is 34.5 Å². The third kappa shape index (κ3) is 6.36. The number of amides is 2. The first-order valence-electron chi connectivity index (χ1n) is 14.0. The Morgan fingerprint density at radius 2 is 1.61 bits per heavy atom. The van der Waals surface area contributed by atoms with E-state index < -0.39 is 0 Å². The van der Waals surface area contributed by atoms with Gasteiger partial charge in [0.2, 0.25) is 0 Å². The minimum atomic E-state index is -0.229. The fourth-order valence-electron chi connectivity index (χ4n) is 5.00. The number of hydrogen-bond donors (Lipinski definition) is 3. The highest BCUT2D eigenvalue weighted by atomic mass is 16.2. The van der Waals surface area contributed by atoms with Crippen LogP contribution in [-0.2, 0) is 11.3 Å². The van der Waals surface area contributed by atoms with Crippen LogP contribution in [0, 0.1) is 0 Å². The van der Waals surface area contributed by atoms with Gasteiger partial charge in [-0.05, 0) is 73.6 Å². The van der Waals surface area contributed by atoms with Gasteiger partial charge in [0.1, 0.15) is 0 Å². The van der Waals surface area contributed by atoms with Crippen LogP contribution in [0.5, 0.6) is 0 Å². The van der Waals surface area contributed by atoms with Gasteiger partial charge in [-0.2, -0.15) is 0 Å². The van der Waals surface area contributed by atoms with Gasteiger partial charge >= 0.3 is 0 Å². The minimum Gasteiger partial charge on any atom is -0.354 e. The molecule has 41 heavy (non-hydrogen) atoms. The standard InChI is InChI=1S/C34H35N5O2/c1-4-39(5-2)22-24-11-14-28(15-12-24)37-32(26-17-19-35-20-18-26)31-29-21-27(13-16-30(29)38-34(31)41)33(40)36-23(3)25-9-7-6-8-10-25/h6-21,23,37H,4-5,22H2,1-3H3,(H,36,40)(H,38,41)/b32-31-/t23-/m1/s1. The zero-order valence-corrected chi connectivity index (χ0v) is 23.6. The van der Waals surface area contributed by atoms with E-state index in [0.29, 0.717) is 28.1 Å².